The van der Waals surface area contributed by atoms with Crippen molar-refractivity contribution in [2.45, 2.75) is 59.0 Å². The predicted octanol–water partition coefficient (Wildman–Crippen LogP) is 2.26. The van der Waals surface area contributed by atoms with Gasteiger partial charge < -0.3 is 19.9 Å². The summed E-state index contributed by atoms with van der Waals surface area (Å²) in [5.41, 5.74) is 0. The van der Waals surface area contributed by atoms with Crippen molar-refractivity contribution in [1.29, 1.82) is 0 Å². The zero-order valence-corrected chi connectivity index (χ0v) is 21.4. The highest BCUT2D eigenvalue weighted by molar-refractivity contribution is 14.0. The summed E-state index contributed by atoms with van der Waals surface area (Å²) in [6, 6.07) is 1.14. The fourth-order valence-corrected chi connectivity index (χ4v) is 4.29. The van der Waals surface area contributed by atoms with E-state index in [1.54, 1.807) is 0 Å². The molecule has 8 heteroatoms. The standard InChI is InChI=1S/C21H41N5O2.HI/c1-17(2)26(18(3)4)10-6-9-23-21(22-5)25-11-7-19(8-12-25)20(27)24-13-15-28-16-14-24;/h17-19H,6-16H2,1-5H3,(H,22,23);1H. The van der Waals surface area contributed by atoms with Gasteiger partial charge in [-0.3, -0.25) is 14.7 Å². The maximum absolute atomic E-state index is 12.7. The van der Waals surface area contributed by atoms with Crippen molar-refractivity contribution in [3.05, 3.63) is 0 Å². The molecule has 0 spiro atoms. The summed E-state index contributed by atoms with van der Waals surface area (Å²) < 4.78 is 5.36. The fraction of sp³-hybridized carbons (Fsp3) is 0.905. The first-order valence-corrected chi connectivity index (χ1v) is 11.0. The minimum Gasteiger partial charge on any atom is -0.378 e. The molecule has 2 fully saturated rings. The Bertz CT molecular complexity index is 493. The van der Waals surface area contributed by atoms with Crippen molar-refractivity contribution in [3.63, 3.8) is 0 Å². The van der Waals surface area contributed by atoms with Crippen LogP contribution in [0, 0.1) is 5.92 Å². The Kier molecular flexibility index (Phi) is 12.4. The van der Waals surface area contributed by atoms with Gasteiger partial charge in [0.05, 0.1) is 13.2 Å². The first kappa shape index (κ1) is 26.4. The van der Waals surface area contributed by atoms with Crippen molar-refractivity contribution in [2.24, 2.45) is 10.9 Å². The molecule has 0 aromatic carbocycles. The number of likely N-dealkylation sites (tertiary alicyclic amines) is 1. The topological polar surface area (TPSA) is 60.4 Å². The van der Waals surface area contributed by atoms with Crippen LogP contribution in [-0.4, -0.2) is 98.2 Å². The van der Waals surface area contributed by atoms with Crippen LogP contribution >= 0.6 is 24.0 Å². The Morgan fingerprint density at radius 1 is 1.07 bits per heavy atom. The minimum atomic E-state index is 0. The van der Waals surface area contributed by atoms with Crippen LogP contribution in [-0.2, 0) is 9.53 Å². The third-order valence-electron chi connectivity index (χ3n) is 5.88. The van der Waals surface area contributed by atoms with Gasteiger partial charge in [0, 0.05) is 64.3 Å². The largest absolute Gasteiger partial charge is 0.378 e. The Morgan fingerprint density at radius 2 is 1.66 bits per heavy atom. The zero-order chi connectivity index (χ0) is 20.5. The third-order valence-corrected chi connectivity index (χ3v) is 5.88. The van der Waals surface area contributed by atoms with Crippen molar-refractivity contribution in [3.8, 4) is 0 Å². The quantitative estimate of drug-likeness (QED) is 0.240. The van der Waals surface area contributed by atoms with Gasteiger partial charge in [-0.25, -0.2) is 0 Å². The smallest absolute Gasteiger partial charge is 0.225 e. The van der Waals surface area contributed by atoms with Gasteiger partial charge in [-0.2, -0.15) is 0 Å². The Balaban J connectivity index is 0.00000420. The summed E-state index contributed by atoms with van der Waals surface area (Å²) >= 11 is 0. The van der Waals surface area contributed by atoms with Gasteiger partial charge in [0.15, 0.2) is 5.96 Å². The number of carbonyl (C=O) groups is 1. The number of ether oxygens (including phenoxy) is 1. The lowest BCUT2D eigenvalue weighted by Crippen LogP contribution is -2.50. The molecule has 0 bridgehead atoms. The van der Waals surface area contributed by atoms with Gasteiger partial charge in [-0.1, -0.05) is 0 Å². The lowest BCUT2D eigenvalue weighted by Gasteiger charge is -2.37. The maximum atomic E-state index is 12.7. The zero-order valence-electron chi connectivity index (χ0n) is 19.0. The molecule has 7 nitrogen and oxygen atoms in total. The summed E-state index contributed by atoms with van der Waals surface area (Å²) in [5.74, 6) is 1.43. The molecule has 0 radical (unpaired) electrons. The molecule has 0 aromatic heterocycles. The first-order chi connectivity index (χ1) is 13.4. The van der Waals surface area contributed by atoms with Crippen LogP contribution in [0.25, 0.3) is 0 Å². The summed E-state index contributed by atoms with van der Waals surface area (Å²) in [5, 5.41) is 3.52. The molecule has 1 amide bonds. The van der Waals surface area contributed by atoms with Crippen molar-refractivity contribution in [1.82, 2.24) is 20.0 Å². The molecule has 2 aliphatic heterocycles. The molecule has 1 N–H and O–H groups in total. The van der Waals surface area contributed by atoms with E-state index >= 15 is 0 Å². The average molecular weight is 524 g/mol. The Morgan fingerprint density at radius 3 is 2.17 bits per heavy atom. The van der Waals surface area contributed by atoms with Gasteiger partial charge in [-0.15, -0.1) is 24.0 Å². The second-order valence-corrected chi connectivity index (χ2v) is 8.45. The van der Waals surface area contributed by atoms with Crippen LogP contribution in [0.5, 0.6) is 0 Å². The third kappa shape index (κ3) is 8.20. The van der Waals surface area contributed by atoms with E-state index in [9.17, 15) is 4.79 Å². The van der Waals surface area contributed by atoms with E-state index in [0.717, 1.165) is 64.5 Å². The van der Waals surface area contributed by atoms with Gasteiger partial charge >= 0.3 is 0 Å². The van der Waals surface area contributed by atoms with Gasteiger partial charge in [0.1, 0.15) is 0 Å². The summed E-state index contributed by atoms with van der Waals surface area (Å²) in [6.45, 7) is 15.7. The molecular formula is C21H42IN5O2. The van der Waals surface area contributed by atoms with Crippen LogP contribution in [0.3, 0.4) is 0 Å². The van der Waals surface area contributed by atoms with Gasteiger partial charge in [0.25, 0.3) is 0 Å². The molecule has 29 heavy (non-hydrogen) atoms. The fourth-order valence-electron chi connectivity index (χ4n) is 4.29. The molecule has 0 unspecified atom stereocenters. The monoisotopic (exact) mass is 523 g/mol. The number of morpholine rings is 1. The second kappa shape index (κ2) is 13.6. The molecule has 170 valence electrons. The number of rotatable bonds is 7. The second-order valence-electron chi connectivity index (χ2n) is 8.45. The van der Waals surface area contributed by atoms with E-state index in [-0.39, 0.29) is 29.9 Å². The van der Waals surface area contributed by atoms with E-state index in [1.165, 1.54) is 0 Å². The van der Waals surface area contributed by atoms with Crippen LogP contribution in [0.2, 0.25) is 0 Å². The van der Waals surface area contributed by atoms with Crippen LogP contribution < -0.4 is 5.32 Å². The lowest BCUT2D eigenvalue weighted by atomic mass is 9.95. The van der Waals surface area contributed by atoms with E-state index in [2.05, 4.69) is 47.8 Å². The number of halogens is 1. The SMILES string of the molecule is CN=C(NCCCN(C(C)C)C(C)C)N1CCC(C(=O)N2CCOCC2)CC1.I. The molecular weight excluding hydrogens is 481 g/mol. The number of nitrogens with zero attached hydrogens (tertiary/aromatic N) is 4. The van der Waals surface area contributed by atoms with E-state index < -0.39 is 0 Å². The number of aliphatic imine (C=N–C) groups is 1. The average Bonchev–Trinajstić information content (AvgIpc) is 2.70. The van der Waals surface area contributed by atoms with Crippen LogP contribution in [0.1, 0.15) is 47.0 Å². The summed E-state index contributed by atoms with van der Waals surface area (Å²) in [4.78, 5) is 23.9. The number of carbonyl (C=O) groups excluding carboxylic acids is 1. The summed E-state index contributed by atoms with van der Waals surface area (Å²) in [7, 11) is 1.85. The molecule has 0 aliphatic carbocycles. The summed E-state index contributed by atoms with van der Waals surface area (Å²) in [6.07, 6.45) is 2.91. The molecule has 0 atom stereocenters. The van der Waals surface area contributed by atoms with Crippen LogP contribution in [0.15, 0.2) is 4.99 Å². The molecule has 0 aromatic rings. The molecule has 2 saturated heterocycles. The predicted molar refractivity (Wildman–Crippen MR) is 130 cm³/mol. The van der Waals surface area contributed by atoms with Crippen molar-refractivity contribution < 1.29 is 9.53 Å². The van der Waals surface area contributed by atoms with Crippen molar-refractivity contribution in [2.75, 3.05) is 59.5 Å². The van der Waals surface area contributed by atoms with Gasteiger partial charge in [-0.05, 0) is 47.0 Å². The number of hydrogen-bond acceptors (Lipinski definition) is 4. The molecule has 0 saturated carbocycles. The van der Waals surface area contributed by atoms with Crippen LogP contribution in [0.4, 0.5) is 0 Å². The molecule has 2 heterocycles. The van der Waals surface area contributed by atoms with E-state index in [1.807, 2.05) is 11.9 Å². The van der Waals surface area contributed by atoms with E-state index in [4.69, 9.17) is 4.74 Å². The molecule has 2 aliphatic rings. The highest BCUT2D eigenvalue weighted by Crippen LogP contribution is 2.20. The normalized spacial score (nSPS) is 19.1. The van der Waals surface area contributed by atoms with Crippen molar-refractivity contribution >= 4 is 35.8 Å². The Hall–Kier alpha value is -0.610. The number of nitrogens with one attached hydrogen (secondary N) is 1. The maximum Gasteiger partial charge on any atom is 0.225 e. The highest BCUT2D eigenvalue weighted by Gasteiger charge is 2.30. The Labute approximate surface area is 194 Å². The first-order valence-electron chi connectivity index (χ1n) is 11.0. The highest BCUT2D eigenvalue weighted by atomic mass is 127. The molecule has 2 rings (SSSR count). The lowest BCUT2D eigenvalue weighted by molar-refractivity contribution is -0.140. The number of amides is 1. The van der Waals surface area contributed by atoms with Gasteiger partial charge in [0.2, 0.25) is 5.91 Å². The number of piperidine rings is 1. The number of guanidine groups is 1. The minimum absolute atomic E-state index is 0. The van der Waals surface area contributed by atoms with E-state index in [0.29, 0.717) is 31.2 Å². The number of hydrogen-bond donors (Lipinski definition) is 1.